The molecule has 0 radical (unpaired) electrons. The zero-order valence-corrected chi connectivity index (χ0v) is 10.4. The van der Waals surface area contributed by atoms with Gasteiger partial charge in [-0.2, -0.15) is 0 Å². The van der Waals surface area contributed by atoms with Crippen molar-refractivity contribution < 1.29 is 14.6 Å². The van der Waals surface area contributed by atoms with Crippen molar-refractivity contribution in [2.24, 2.45) is 11.8 Å². The van der Waals surface area contributed by atoms with Crippen LogP contribution in [0, 0.1) is 23.7 Å². The first-order chi connectivity index (χ1) is 7.38. The Hall–Kier alpha value is -0.560. The second kappa shape index (κ2) is 3.73. The molecule has 4 atom stereocenters. The Morgan fingerprint density at radius 3 is 2.69 bits per heavy atom. The molecule has 0 unspecified atom stereocenters. The van der Waals surface area contributed by atoms with E-state index in [0.29, 0.717) is 18.9 Å². The first-order valence-corrected chi connectivity index (χ1v) is 5.86. The van der Waals surface area contributed by atoms with Crippen LogP contribution in [0.15, 0.2) is 0 Å². The molecule has 2 rings (SSSR count). The molecule has 2 fully saturated rings. The number of hydrogen-bond acceptors (Lipinski definition) is 3. The number of aliphatic hydroxyl groups is 1. The van der Waals surface area contributed by atoms with Gasteiger partial charge >= 0.3 is 0 Å². The van der Waals surface area contributed by atoms with E-state index in [1.807, 2.05) is 13.8 Å². The van der Waals surface area contributed by atoms with E-state index < -0.39 is 11.4 Å². The molecule has 1 saturated carbocycles. The Kier molecular flexibility index (Phi) is 2.78. The van der Waals surface area contributed by atoms with Gasteiger partial charge in [0.2, 0.25) is 0 Å². The molecule has 0 aromatic heterocycles. The lowest BCUT2D eigenvalue weighted by atomic mass is 9.90. The summed E-state index contributed by atoms with van der Waals surface area (Å²) in [6.07, 6.45) is 0.720. The monoisotopic (exact) mass is 224 g/mol. The van der Waals surface area contributed by atoms with Crippen molar-refractivity contribution in [1.29, 1.82) is 0 Å². The average molecular weight is 224 g/mol. The largest absolute Gasteiger partial charge is 0.377 e. The Morgan fingerprint density at radius 2 is 2.06 bits per heavy atom. The quantitative estimate of drug-likeness (QED) is 0.634. The lowest BCUT2D eigenvalue weighted by Gasteiger charge is -2.41. The molecule has 1 heterocycles. The molecule has 90 valence electrons. The van der Waals surface area contributed by atoms with Gasteiger partial charge in [-0.15, -0.1) is 5.92 Å². The SMILES string of the molecule is CC#C[C@]1(O)C[C@@H](C)[C@@H]2OC(C)(C)OC[C@@H]21. The average Bonchev–Trinajstić information content (AvgIpc) is 2.37. The predicted octanol–water partition coefficient (Wildman–Crippen LogP) is 1.55. The van der Waals surface area contributed by atoms with Crippen molar-refractivity contribution in [2.75, 3.05) is 6.61 Å². The molecular weight excluding hydrogens is 204 g/mol. The summed E-state index contributed by atoms with van der Waals surface area (Å²) < 4.78 is 11.5. The van der Waals surface area contributed by atoms with Crippen LogP contribution in [0.4, 0.5) is 0 Å². The van der Waals surface area contributed by atoms with Gasteiger partial charge in [-0.1, -0.05) is 12.8 Å². The van der Waals surface area contributed by atoms with E-state index in [0.717, 1.165) is 0 Å². The van der Waals surface area contributed by atoms with E-state index >= 15 is 0 Å². The third-order valence-corrected chi connectivity index (χ3v) is 3.58. The fourth-order valence-electron chi connectivity index (χ4n) is 2.87. The highest BCUT2D eigenvalue weighted by molar-refractivity contribution is 5.21. The topological polar surface area (TPSA) is 38.7 Å². The van der Waals surface area contributed by atoms with Crippen LogP contribution in [-0.2, 0) is 9.47 Å². The minimum absolute atomic E-state index is 0.0250. The number of hydrogen-bond donors (Lipinski definition) is 1. The number of fused-ring (bicyclic) bond motifs is 1. The van der Waals surface area contributed by atoms with Gasteiger partial charge in [0.15, 0.2) is 5.79 Å². The van der Waals surface area contributed by atoms with E-state index in [2.05, 4.69) is 18.8 Å². The fraction of sp³-hybridized carbons (Fsp3) is 0.846. The maximum absolute atomic E-state index is 10.5. The molecule has 1 saturated heterocycles. The van der Waals surface area contributed by atoms with Crippen molar-refractivity contribution in [1.82, 2.24) is 0 Å². The molecule has 0 aromatic rings. The van der Waals surface area contributed by atoms with Crippen LogP contribution in [0.1, 0.15) is 34.1 Å². The van der Waals surface area contributed by atoms with Gasteiger partial charge in [0.25, 0.3) is 0 Å². The van der Waals surface area contributed by atoms with Crippen molar-refractivity contribution in [3.63, 3.8) is 0 Å². The normalized spacial score (nSPS) is 45.7. The second-order valence-corrected chi connectivity index (χ2v) is 5.38. The summed E-state index contributed by atoms with van der Waals surface area (Å²) in [7, 11) is 0. The Labute approximate surface area is 97.1 Å². The van der Waals surface area contributed by atoms with Crippen LogP contribution in [0.2, 0.25) is 0 Å². The Bertz CT molecular complexity index is 339. The summed E-state index contributed by atoms with van der Waals surface area (Å²) in [6.45, 7) is 8.21. The maximum Gasteiger partial charge on any atom is 0.163 e. The maximum atomic E-state index is 10.5. The highest BCUT2D eigenvalue weighted by atomic mass is 16.7. The van der Waals surface area contributed by atoms with E-state index in [9.17, 15) is 5.11 Å². The van der Waals surface area contributed by atoms with Crippen molar-refractivity contribution in [3.05, 3.63) is 0 Å². The van der Waals surface area contributed by atoms with Crippen molar-refractivity contribution >= 4 is 0 Å². The van der Waals surface area contributed by atoms with Crippen LogP contribution in [-0.4, -0.2) is 29.2 Å². The van der Waals surface area contributed by atoms with Gasteiger partial charge in [0, 0.05) is 5.92 Å². The zero-order chi connectivity index (χ0) is 12.0. The van der Waals surface area contributed by atoms with Gasteiger partial charge in [0.1, 0.15) is 5.60 Å². The van der Waals surface area contributed by atoms with Crippen LogP contribution < -0.4 is 0 Å². The molecule has 3 nitrogen and oxygen atoms in total. The van der Waals surface area contributed by atoms with Crippen molar-refractivity contribution in [2.45, 2.75) is 51.6 Å². The van der Waals surface area contributed by atoms with Gasteiger partial charge in [-0.25, -0.2) is 0 Å². The van der Waals surface area contributed by atoms with Crippen LogP contribution in [0.5, 0.6) is 0 Å². The molecule has 2 aliphatic rings. The molecule has 0 bridgehead atoms. The number of rotatable bonds is 0. The lowest BCUT2D eigenvalue weighted by molar-refractivity contribution is -0.300. The molecular formula is C13H20O3. The fourth-order valence-corrected chi connectivity index (χ4v) is 2.87. The smallest absolute Gasteiger partial charge is 0.163 e. The molecule has 1 N–H and O–H groups in total. The minimum Gasteiger partial charge on any atom is -0.377 e. The molecule has 3 heteroatoms. The predicted molar refractivity (Wildman–Crippen MR) is 60.6 cm³/mol. The molecule has 1 aliphatic carbocycles. The first kappa shape index (κ1) is 11.9. The highest BCUT2D eigenvalue weighted by Gasteiger charge is 2.55. The minimum atomic E-state index is -0.935. The first-order valence-electron chi connectivity index (χ1n) is 5.86. The Balaban J connectivity index is 2.24. The van der Waals surface area contributed by atoms with Gasteiger partial charge in [-0.3, -0.25) is 0 Å². The van der Waals surface area contributed by atoms with Crippen molar-refractivity contribution in [3.8, 4) is 11.8 Å². The third kappa shape index (κ3) is 1.86. The molecule has 0 aromatic carbocycles. The number of ether oxygens (including phenoxy) is 2. The molecule has 16 heavy (non-hydrogen) atoms. The van der Waals surface area contributed by atoms with Gasteiger partial charge < -0.3 is 14.6 Å². The van der Waals surface area contributed by atoms with Gasteiger partial charge in [-0.05, 0) is 33.1 Å². The lowest BCUT2D eigenvalue weighted by Crippen LogP contribution is -2.50. The summed E-state index contributed by atoms with van der Waals surface area (Å²) in [4.78, 5) is 0. The van der Waals surface area contributed by atoms with E-state index in [4.69, 9.17) is 9.47 Å². The zero-order valence-electron chi connectivity index (χ0n) is 10.4. The molecule has 0 spiro atoms. The summed E-state index contributed by atoms with van der Waals surface area (Å²) in [6, 6.07) is 0. The van der Waals surface area contributed by atoms with Crippen LogP contribution in [0.3, 0.4) is 0 Å². The molecule has 1 aliphatic heterocycles. The van der Waals surface area contributed by atoms with E-state index in [1.54, 1.807) is 6.92 Å². The van der Waals surface area contributed by atoms with E-state index in [-0.39, 0.29) is 12.0 Å². The third-order valence-electron chi connectivity index (χ3n) is 3.58. The van der Waals surface area contributed by atoms with Crippen LogP contribution in [0.25, 0.3) is 0 Å². The highest BCUT2D eigenvalue weighted by Crippen LogP contribution is 2.46. The second-order valence-electron chi connectivity index (χ2n) is 5.38. The summed E-state index contributed by atoms with van der Waals surface area (Å²) >= 11 is 0. The summed E-state index contributed by atoms with van der Waals surface area (Å²) in [5, 5.41) is 10.5. The van der Waals surface area contributed by atoms with Crippen LogP contribution >= 0.6 is 0 Å². The Morgan fingerprint density at radius 1 is 1.38 bits per heavy atom. The van der Waals surface area contributed by atoms with E-state index in [1.165, 1.54) is 0 Å². The van der Waals surface area contributed by atoms with Gasteiger partial charge in [0.05, 0.1) is 12.7 Å². The summed E-state index contributed by atoms with van der Waals surface area (Å²) in [5.41, 5.74) is -0.935. The summed E-state index contributed by atoms with van der Waals surface area (Å²) in [5.74, 6) is 5.49. The standard InChI is InChI=1S/C13H20O3/c1-5-6-13(14)7-9(2)11-10(13)8-15-12(3,4)16-11/h9-11,14H,7-8H2,1-4H3/t9-,10+,11+,13+/m1/s1. The molecule has 0 amide bonds.